The predicted octanol–water partition coefficient (Wildman–Crippen LogP) is 4.69. The van der Waals surface area contributed by atoms with Gasteiger partial charge in [-0.05, 0) is 34.6 Å². The molecule has 4 aromatic carbocycles. The maximum atomic E-state index is 7.50. The quantitative estimate of drug-likeness (QED) is 0.191. The molecular formula is C29H22AlN2O2Si. The average molecular weight is 486 g/mol. The van der Waals surface area contributed by atoms with Crippen LogP contribution in [0.1, 0.15) is 5.69 Å². The number of nitrogens with zero attached hydrogens (tertiary/aromatic N) is 2. The minimum atomic E-state index is -2.83. The van der Waals surface area contributed by atoms with Crippen LogP contribution >= 0.6 is 0 Å². The fraction of sp³-hybridized carbons (Fsp3) is 0.0345. The van der Waals surface area contributed by atoms with Crippen LogP contribution in [-0.4, -0.2) is 29.2 Å². The first kappa shape index (κ1) is 23.1. The van der Waals surface area contributed by atoms with E-state index in [0.717, 1.165) is 26.6 Å². The lowest BCUT2D eigenvalue weighted by molar-refractivity contribution is 0.469. The van der Waals surface area contributed by atoms with Gasteiger partial charge in [-0.25, -0.2) is 4.85 Å². The normalized spacial score (nSPS) is 11.1. The summed E-state index contributed by atoms with van der Waals surface area (Å²) in [6, 6.07) is 38.8. The number of pyridine rings is 1. The van der Waals surface area contributed by atoms with E-state index in [4.69, 9.17) is 13.8 Å². The first-order chi connectivity index (χ1) is 17.2. The van der Waals surface area contributed by atoms with Crippen molar-refractivity contribution < 1.29 is 7.27 Å². The SMILES string of the molecule is [C-]#[N+]c1ccc([O][Al][O][Si](c2ccccc2)(c2ccccc2)c2ccccc2)c2nc(C)ccc12. The Hall–Kier alpha value is -3.71. The zero-order chi connectivity index (χ0) is 24.1. The van der Waals surface area contributed by atoms with Crippen molar-refractivity contribution in [1.29, 1.82) is 0 Å². The summed E-state index contributed by atoms with van der Waals surface area (Å²) in [6.07, 6.45) is 0. The van der Waals surface area contributed by atoms with E-state index in [1.165, 1.54) is 0 Å². The largest absolute Gasteiger partial charge is 0.763 e. The second kappa shape index (κ2) is 10.3. The molecule has 0 atom stereocenters. The molecule has 0 aliphatic carbocycles. The zero-order valence-corrected chi connectivity index (χ0v) is 21.4. The van der Waals surface area contributed by atoms with Gasteiger partial charge in [-0.1, -0.05) is 103 Å². The van der Waals surface area contributed by atoms with E-state index < -0.39 is 24.2 Å². The molecule has 0 bridgehead atoms. The van der Waals surface area contributed by atoms with E-state index in [-0.39, 0.29) is 0 Å². The van der Waals surface area contributed by atoms with Gasteiger partial charge in [0.15, 0.2) is 5.69 Å². The summed E-state index contributed by atoms with van der Waals surface area (Å²) in [4.78, 5) is 8.32. The highest BCUT2D eigenvalue weighted by molar-refractivity contribution is 7.08. The van der Waals surface area contributed by atoms with Gasteiger partial charge in [0.1, 0.15) is 5.75 Å². The van der Waals surface area contributed by atoms with Crippen LogP contribution < -0.4 is 19.3 Å². The van der Waals surface area contributed by atoms with Crippen molar-refractivity contribution in [2.75, 3.05) is 0 Å². The van der Waals surface area contributed by atoms with Crippen molar-refractivity contribution in [1.82, 2.24) is 4.98 Å². The van der Waals surface area contributed by atoms with Crippen LogP contribution in [0.3, 0.4) is 0 Å². The Kier molecular flexibility index (Phi) is 6.77. The van der Waals surface area contributed by atoms with Crippen molar-refractivity contribution in [3.05, 3.63) is 132 Å². The Bertz CT molecular complexity index is 1390. The Morgan fingerprint density at radius 3 is 1.77 bits per heavy atom. The lowest BCUT2D eigenvalue weighted by atomic mass is 10.1. The average Bonchev–Trinajstić information content (AvgIpc) is 2.92. The molecule has 5 aromatic rings. The molecule has 0 spiro atoms. The third kappa shape index (κ3) is 4.51. The standard InChI is InChI=1S/C18H15OSi.C11H8N2O.Al/c19-20(16-10-4-1-5-11-16,17-12-6-2-7-13-17)18-14-8-3-9-15-18;1-7-3-4-8-9(12-2)5-6-10(14)11(8)13-7;/h1-15H;3-6,14H,1H3;/q-1;;+2/p-1. The number of hydrogen-bond acceptors (Lipinski definition) is 3. The summed E-state index contributed by atoms with van der Waals surface area (Å²) in [5.41, 5.74) is 2.14. The van der Waals surface area contributed by atoms with Gasteiger partial charge in [-0.2, -0.15) is 0 Å². The highest BCUT2D eigenvalue weighted by atomic mass is 28.4. The molecule has 0 aliphatic rings. The van der Waals surface area contributed by atoms with E-state index in [1.807, 2.05) is 43.3 Å². The highest BCUT2D eigenvalue weighted by Crippen LogP contribution is 2.32. The van der Waals surface area contributed by atoms with Crippen LogP contribution in [0.25, 0.3) is 15.7 Å². The van der Waals surface area contributed by atoms with Crippen LogP contribution in [-0.2, 0) is 3.48 Å². The van der Waals surface area contributed by atoms with Crippen LogP contribution in [0.4, 0.5) is 5.69 Å². The van der Waals surface area contributed by atoms with Gasteiger partial charge in [-0.15, -0.1) is 0 Å². The first-order valence-corrected chi connectivity index (χ1v) is 14.2. The maximum Gasteiger partial charge on any atom is 0.763 e. The summed E-state index contributed by atoms with van der Waals surface area (Å²) >= 11 is -0.879. The molecule has 0 amide bonds. The van der Waals surface area contributed by atoms with Gasteiger partial charge in [0.2, 0.25) is 0 Å². The van der Waals surface area contributed by atoms with Crippen molar-refractivity contribution in [3.63, 3.8) is 0 Å². The molecule has 0 fully saturated rings. The smallest absolute Gasteiger partial charge is 0.625 e. The molecule has 0 N–H and O–H groups in total. The lowest BCUT2D eigenvalue weighted by Gasteiger charge is -2.34. The van der Waals surface area contributed by atoms with Crippen molar-refractivity contribution >= 4 is 56.4 Å². The van der Waals surface area contributed by atoms with E-state index in [0.29, 0.717) is 17.0 Å². The van der Waals surface area contributed by atoms with Gasteiger partial charge < -0.3 is 7.27 Å². The minimum absolute atomic E-state index is 0.567. The Balaban J connectivity index is 1.57. The number of aryl methyl sites for hydroxylation is 1. The second-order valence-electron chi connectivity index (χ2n) is 8.15. The molecule has 1 radical (unpaired) electrons. The Morgan fingerprint density at radius 2 is 1.26 bits per heavy atom. The summed E-state index contributed by atoms with van der Waals surface area (Å²) in [6.45, 7) is 9.44. The molecule has 1 aromatic heterocycles. The van der Waals surface area contributed by atoms with Crippen molar-refractivity contribution in [3.8, 4) is 5.75 Å². The number of benzene rings is 4. The van der Waals surface area contributed by atoms with E-state index in [1.54, 1.807) is 6.07 Å². The van der Waals surface area contributed by atoms with Gasteiger partial charge in [0.25, 0.3) is 8.32 Å². The molecule has 5 rings (SSSR count). The molecule has 0 unspecified atom stereocenters. The van der Waals surface area contributed by atoms with Crippen LogP contribution in [0, 0.1) is 13.5 Å². The summed E-state index contributed by atoms with van der Waals surface area (Å²) in [7, 11) is -2.83. The number of aromatic nitrogens is 1. The third-order valence-electron chi connectivity index (χ3n) is 6.00. The van der Waals surface area contributed by atoms with Crippen molar-refractivity contribution in [2.24, 2.45) is 0 Å². The van der Waals surface area contributed by atoms with Gasteiger partial charge in [0.05, 0.1) is 12.1 Å². The lowest BCUT2D eigenvalue weighted by Crippen LogP contribution is -2.70. The molecule has 4 nitrogen and oxygen atoms in total. The highest BCUT2D eigenvalue weighted by Gasteiger charge is 2.42. The van der Waals surface area contributed by atoms with Gasteiger partial charge in [-0.3, -0.25) is 4.98 Å². The van der Waals surface area contributed by atoms with Crippen molar-refractivity contribution in [2.45, 2.75) is 6.92 Å². The Morgan fingerprint density at radius 1 is 0.714 bits per heavy atom. The topological polar surface area (TPSA) is 35.7 Å². The van der Waals surface area contributed by atoms with Gasteiger partial charge in [0, 0.05) is 11.1 Å². The first-order valence-electron chi connectivity index (χ1n) is 11.3. The molecule has 0 saturated carbocycles. The molecule has 0 aliphatic heterocycles. The van der Waals surface area contributed by atoms with Crippen LogP contribution in [0.15, 0.2) is 115 Å². The monoisotopic (exact) mass is 485 g/mol. The fourth-order valence-electron chi connectivity index (χ4n) is 4.34. The maximum absolute atomic E-state index is 7.50. The molecule has 0 saturated heterocycles. The zero-order valence-electron chi connectivity index (χ0n) is 19.3. The van der Waals surface area contributed by atoms with E-state index in [2.05, 4.69) is 82.6 Å². The number of hydrogen-bond donors (Lipinski definition) is 0. The Labute approximate surface area is 213 Å². The summed E-state index contributed by atoms with van der Waals surface area (Å²) in [5.74, 6) is 0.642. The second-order valence-corrected chi connectivity index (χ2v) is 12.6. The third-order valence-corrected chi connectivity index (χ3v) is 11.6. The van der Waals surface area contributed by atoms with Crippen LogP contribution in [0.5, 0.6) is 5.75 Å². The molecule has 6 heteroatoms. The fourth-order valence-corrected chi connectivity index (χ4v) is 10.0. The van der Waals surface area contributed by atoms with E-state index in [9.17, 15) is 0 Å². The summed E-state index contributed by atoms with van der Waals surface area (Å²) < 4.78 is 13.3. The summed E-state index contributed by atoms with van der Waals surface area (Å²) in [5, 5.41) is 4.28. The molecule has 167 valence electrons. The molecule has 35 heavy (non-hydrogen) atoms. The number of rotatable bonds is 7. The number of fused-ring (bicyclic) bond motifs is 1. The van der Waals surface area contributed by atoms with Crippen LogP contribution in [0.2, 0.25) is 0 Å². The van der Waals surface area contributed by atoms with E-state index >= 15 is 0 Å². The predicted molar refractivity (Wildman–Crippen MR) is 144 cm³/mol. The molecule has 1 heterocycles. The molecular weight excluding hydrogens is 463 g/mol. The minimum Gasteiger partial charge on any atom is -0.625 e. The van der Waals surface area contributed by atoms with Gasteiger partial charge >= 0.3 is 15.9 Å².